The summed E-state index contributed by atoms with van der Waals surface area (Å²) in [6.07, 6.45) is 6.71. The van der Waals surface area contributed by atoms with Crippen LogP contribution in [-0.2, 0) is 35.5 Å². The van der Waals surface area contributed by atoms with E-state index < -0.39 is 11.8 Å². The van der Waals surface area contributed by atoms with Gasteiger partial charge in [0.15, 0.2) is 0 Å². The summed E-state index contributed by atoms with van der Waals surface area (Å²) in [6, 6.07) is 14.4. The molecule has 0 spiro atoms. The van der Waals surface area contributed by atoms with Gasteiger partial charge >= 0.3 is 5.97 Å². The van der Waals surface area contributed by atoms with Crippen LogP contribution in [0.15, 0.2) is 77.6 Å². The van der Waals surface area contributed by atoms with E-state index >= 15 is 4.39 Å². The van der Waals surface area contributed by atoms with Crippen molar-refractivity contribution in [2.75, 3.05) is 6.61 Å². The van der Waals surface area contributed by atoms with Gasteiger partial charge in [0.2, 0.25) is 5.88 Å². The van der Waals surface area contributed by atoms with Crippen molar-refractivity contribution >= 4 is 23.7 Å². The Balaban J connectivity index is 1.28. The lowest BCUT2D eigenvalue weighted by molar-refractivity contribution is -0.0589. The van der Waals surface area contributed by atoms with Gasteiger partial charge in [0, 0.05) is 18.6 Å². The Labute approximate surface area is 253 Å². The molecule has 1 N–H and O–H groups in total. The summed E-state index contributed by atoms with van der Waals surface area (Å²) < 4.78 is 42.8. The number of halogens is 2. The number of hydrogen-bond donors (Lipinski definition) is 1. The van der Waals surface area contributed by atoms with Crippen molar-refractivity contribution < 1.29 is 28.2 Å². The third kappa shape index (κ3) is 6.74. The molecule has 3 aromatic carbocycles. The number of carboxylic acids is 1. The number of hydrogen-bond acceptors (Lipinski definition) is 6. The molecule has 224 valence electrons. The molecule has 10 heteroatoms. The fraction of sp³-hybridized carbons (Fsp3) is 0.235. The van der Waals surface area contributed by atoms with Crippen LogP contribution in [0.2, 0.25) is 0 Å². The number of nitrogens with zero attached hydrogens (tertiary/aromatic N) is 4. The minimum atomic E-state index is -1.02. The van der Waals surface area contributed by atoms with Crippen LogP contribution in [0, 0.1) is 29.9 Å². The molecule has 0 radical (unpaired) electrons. The first-order chi connectivity index (χ1) is 21.3. The molecule has 0 aliphatic carbocycles. The van der Waals surface area contributed by atoms with Gasteiger partial charge in [0.05, 0.1) is 40.9 Å². The van der Waals surface area contributed by atoms with Gasteiger partial charge in [-0.1, -0.05) is 30.4 Å². The minimum Gasteiger partial charge on any atom is -0.478 e. The number of allylic oxidation sites excluding steroid dienone is 3. The van der Waals surface area contributed by atoms with Gasteiger partial charge in [-0.2, -0.15) is 5.26 Å². The van der Waals surface area contributed by atoms with Crippen LogP contribution in [0.5, 0.6) is 0 Å². The Morgan fingerprint density at radius 2 is 2.00 bits per heavy atom. The molecule has 1 aliphatic heterocycles. The average Bonchev–Trinajstić information content (AvgIpc) is 3.34. The third-order valence-corrected chi connectivity index (χ3v) is 7.61. The summed E-state index contributed by atoms with van der Waals surface area (Å²) in [4.78, 5) is 20.1. The predicted octanol–water partition coefficient (Wildman–Crippen LogP) is 6.43. The Hall–Kier alpha value is -5.14. The molecule has 8 nitrogen and oxygen atoms in total. The van der Waals surface area contributed by atoms with Crippen molar-refractivity contribution in [1.29, 1.82) is 5.26 Å². The molecule has 5 rings (SSSR count). The van der Waals surface area contributed by atoms with E-state index in [-0.39, 0.29) is 47.5 Å². The fourth-order valence-electron chi connectivity index (χ4n) is 4.96. The van der Waals surface area contributed by atoms with E-state index in [9.17, 15) is 14.3 Å². The topological polar surface area (TPSA) is 110 Å². The molecule has 0 saturated carbocycles. The Kier molecular flexibility index (Phi) is 9.26. The van der Waals surface area contributed by atoms with Gasteiger partial charge in [-0.15, -0.1) is 0 Å². The lowest BCUT2D eigenvalue weighted by Crippen LogP contribution is -2.31. The van der Waals surface area contributed by atoms with E-state index in [0.29, 0.717) is 47.6 Å². The summed E-state index contributed by atoms with van der Waals surface area (Å²) in [7, 11) is 0. The highest BCUT2D eigenvalue weighted by Crippen LogP contribution is 2.26. The van der Waals surface area contributed by atoms with Crippen molar-refractivity contribution in [3.63, 3.8) is 0 Å². The van der Waals surface area contributed by atoms with Crippen LogP contribution >= 0.6 is 0 Å². The molecule has 1 aliphatic rings. The number of aromatic carboxylic acids is 1. The molecule has 1 unspecified atom stereocenters. The highest BCUT2D eigenvalue weighted by molar-refractivity contribution is 5.92. The van der Waals surface area contributed by atoms with Crippen molar-refractivity contribution in [3.8, 4) is 6.07 Å². The average molecular weight is 597 g/mol. The van der Waals surface area contributed by atoms with E-state index in [1.165, 1.54) is 18.2 Å². The summed E-state index contributed by atoms with van der Waals surface area (Å²) in [5, 5.41) is 18.4. The summed E-state index contributed by atoms with van der Waals surface area (Å²) in [6.45, 7) is 6.33. The van der Waals surface area contributed by atoms with Crippen molar-refractivity contribution in [2.24, 2.45) is 4.99 Å². The zero-order valence-corrected chi connectivity index (χ0v) is 24.1. The SMILES string of the molecule is C=N/C(=C\C=C/Cc1ccc(Cc2nc3ccc(C(=O)O)cc3n2CC2CCO2)c(F)c1C)OCc1ccc(C#N)cc1F. The van der Waals surface area contributed by atoms with Crippen molar-refractivity contribution in [2.45, 2.75) is 45.4 Å². The van der Waals surface area contributed by atoms with Crippen LogP contribution in [0.4, 0.5) is 8.78 Å². The normalized spacial score (nSPS) is 14.9. The first-order valence-electron chi connectivity index (χ1n) is 14.0. The maximum absolute atomic E-state index is 15.6. The maximum Gasteiger partial charge on any atom is 0.335 e. The number of imidazole rings is 1. The Morgan fingerprint density at radius 3 is 2.68 bits per heavy atom. The minimum absolute atomic E-state index is 0.00812. The van der Waals surface area contributed by atoms with Gasteiger partial charge in [0.1, 0.15) is 24.1 Å². The van der Waals surface area contributed by atoms with E-state index in [0.717, 1.165) is 18.1 Å². The second-order valence-corrected chi connectivity index (χ2v) is 10.4. The van der Waals surface area contributed by atoms with Gasteiger partial charge < -0.3 is 19.1 Å². The van der Waals surface area contributed by atoms with Crippen molar-refractivity contribution in [3.05, 3.63) is 123 Å². The second kappa shape index (κ2) is 13.4. The van der Waals surface area contributed by atoms with Gasteiger partial charge in [-0.05, 0) is 79.6 Å². The molecular formula is C34H30F2N4O4. The smallest absolute Gasteiger partial charge is 0.335 e. The number of ether oxygens (including phenoxy) is 2. The number of nitriles is 1. The van der Waals surface area contributed by atoms with Gasteiger partial charge in [-0.25, -0.2) is 23.6 Å². The fourth-order valence-corrected chi connectivity index (χ4v) is 4.96. The van der Waals surface area contributed by atoms with E-state index in [2.05, 4.69) is 11.7 Å². The molecule has 2 heterocycles. The standard InChI is InChI=1S/C34H30F2N4O4/c1-21-23(5-3-4-6-32(38-2)44-20-26-8-7-22(18-37)15-28(26)35)9-10-24(33(21)36)17-31-39-29-12-11-25(34(41)42)16-30(29)40(31)19-27-13-14-43-27/h3-4,6-12,15-16,27H,2,5,13-14,17,19-20H2,1H3,(H,41,42)/b4-3-,32-6+. The van der Waals surface area contributed by atoms with Crippen LogP contribution in [0.3, 0.4) is 0 Å². The van der Waals surface area contributed by atoms with E-state index in [1.807, 2.05) is 22.8 Å². The number of benzene rings is 3. The monoisotopic (exact) mass is 596 g/mol. The molecule has 1 aromatic heterocycles. The summed E-state index contributed by atoms with van der Waals surface area (Å²) in [5.74, 6) is -1.06. The zero-order chi connectivity index (χ0) is 31.2. The molecule has 1 fully saturated rings. The van der Waals surface area contributed by atoms with Crippen LogP contribution in [-0.4, -0.2) is 40.1 Å². The molecule has 1 saturated heterocycles. The lowest BCUT2D eigenvalue weighted by Gasteiger charge is -2.27. The molecule has 0 bridgehead atoms. The molecule has 4 aromatic rings. The van der Waals surface area contributed by atoms with E-state index in [4.69, 9.17) is 19.7 Å². The zero-order valence-electron chi connectivity index (χ0n) is 24.1. The first kappa shape index (κ1) is 30.3. The lowest BCUT2D eigenvalue weighted by atomic mass is 9.99. The number of fused-ring (bicyclic) bond motifs is 1. The number of aromatic nitrogens is 2. The largest absolute Gasteiger partial charge is 0.478 e. The quantitative estimate of drug-likeness (QED) is 0.115. The molecule has 44 heavy (non-hydrogen) atoms. The Bertz CT molecular complexity index is 1830. The number of rotatable bonds is 12. The predicted molar refractivity (Wildman–Crippen MR) is 161 cm³/mol. The highest BCUT2D eigenvalue weighted by atomic mass is 19.1. The highest BCUT2D eigenvalue weighted by Gasteiger charge is 2.23. The van der Waals surface area contributed by atoms with Crippen LogP contribution in [0.25, 0.3) is 11.0 Å². The number of carboxylic acid groups (broad SMARTS) is 1. The van der Waals surface area contributed by atoms with Gasteiger partial charge in [0.25, 0.3) is 0 Å². The number of carbonyl (C=O) groups is 1. The van der Waals surface area contributed by atoms with Crippen LogP contribution < -0.4 is 0 Å². The number of aliphatic imine (C=N–C) groups is 1. The molecule has 1 atom stereocenters. The summed E-state index contributed by atoms with van der Waals surface area (Å²) in [5.41, 5.74) is 3.80. The molecule has 0 amide bonds. The third-order valence-electron chi connectivity index (χ3n) is 7.61. The molecular weight excluding hydrogens is 566 g/mol. The Morgan fingerprint density at radius 1 is 1.23 bits per heavy atom. The summed E-state index contributed by atoms with van der Waals surface area (Å²) >= 11 is 0. The second-order valence-electron chi connectivity index (χ2n) is 10.4. The maximum atomic E-state index is 15.6. The van der Waals surface area contributed by atoms with Crippen molar-refractivity contribution in [1.82, 2.24) is 9.55 Å². The van der Waals surface area contributed by atoms with E-state index in [1.54, 1.807) is 37.3 Å². The first-order valence-corrected chi connectivity index (χ1v) is 14.0. The van der Waals surface area contributed by atoms with Gasteiger partial charge in [-0.3, -0.25) is 0 Å². The van der Waals surface area contributed by atoms with Crippen LogP contribution in [0.1, 0.15) is 50.4 Å².